The molecule has 6 heteroatoms. The molecule has 5 nitrogen and oxygen atoms in total. The van der Waals surface area contributed by atoms with E-state index in [9.17, 15) is 9.18 Å². The van der Waals surface area contributed by atoms with Crippen molar-refractivity contribution in [3.63, 3.8) is 0 Å². The summed E-state index contributed by atoms with van der Waals surface area (Å²) in [5.74, 6) is 1.23. The molecule has 0 saturated carbocycles. The molecule has 0 saturated heterocycles. The van der Waals surface area contributed by atoms with Gasteiger partial charge in [0.25, 0.3) is 0 Å². The highest BCUT2D eigenvalue weighted by atomic mass is 19.1. The van der Waals surface area contributed by atoms with Crippen molar-refractivity contribution in [3.05, 3.63) is 66.7 Å². The largest absolute Gasteiger partial charge is 0.494 e. The van der Waals surface area contributed by atoms with Crippen molar-refractivity contribution in [3.8, 4) is 17.2 Å². The summed E-state index contributed by atoms with van der Waals surface area (Å²) < 4.78 is 35.8. The van der Waals surface area contributed by atoms with E-state index in [0.717, 1.165) is 44.5 Å². The summed E-state index contributed by atoms with van der Waals surface area (Å²) in [5, 5.41) is 0. The Kier molecular flexibility index (Phi) is 15.0. The number of alkyl halides is 1. The van der Waals surface area contributed by atoms with Crippen molar-refractivity contribution in [1.82, 2.24) is 0 Å². The van der Waals surface area contributed by atoms with Crippen molar-refractivity contribution in [2.75, 3.05) is 26.4 Å². The smallest absolute Gasteiger partial charge is 0.343 e. The van der Waals surface area contributed by atoms with Gasteiger partial charge in [-0.1, -0.05) is 51.5 Å². The highest BCUT2D eigenvalue weighted by Crippen LogP contribution is 2.20. The lowest BCUT2D eigenvalue weighted by atomic mass is 10.1. The molecule has 0 fully saturated rings. The first kappa shape index (κ1) is 29.4. The predicted octanol–water partition coefficient (Wildman–Crippen LogP) is 7.73. The summed E-state index contributed by atoms with van der Waals surface area (Å²) in [5.41, 5.74) is 0.441. The van der Waals surface area contributed by atoms with E-state index < -0.39 is 12.1 Å². The molecule has 0 aliphatic heterocycles. The molecule has 0 aliphatic carbocycles. The summed E-state index contributed by atoms with van der Waals surface area (Å²) in [4.78, 5) is 12.4. The van der Waals surface area contributed by atoms with Crippen LogP contribution in [-0.2, 0) is 4.74 Å². The Balaban J connectivity index is 1.61. The van der Waals surface area contributed by atoms with E-state index in [2.05, 4.69) is 6.58 Å². The lowest BCUT2D eigenvalue weighted by Crippen LogP contribution is -2.12. The van der Waals surface area contributed by atoms with Crippen LogP contribution >= 0.6 is 0 Å². The van der Waals surface area contributed by atoms with Crippen LogP contribution < -0.4 is 14.2 Å². The number of halogens is 1. The predicted molar refractivity (Wildman–Crippen MR) is 142 cm³/mol. The van der Waals surface area contributed by atoms with Crippen LogP contribution in [0.3, 0.4) is 0 Å². The summed E-state index contributed by atoms with van der Waals surface area (Å²) in [6.45, 7) is 7.79. The fourth-order valence-electron chi connectivity index (χ4n) is 3.52. The van der Waals surface area contributed by atoms with E-state index in [1.807, 2.05) is 6.92 Å². The highest BCUT2D eigenvalue weighted by molar-refractivity contribution is 5.91. The topological polar surface area (TPSA) is 54.0 Å². The average Bonchev–Trinajstić information content (AvgIpc) is 2.90. The van der Waals surface area contributed by atoms with Gasteiger partial charge >= 0.3 is 5.97 Å². The van der Waals surface area contributed by atoms with E-state index in [4.69, 9.17) is 18.9 Å². The molecule has 2 rings (SSSR count). The van der Waals surface area contributed by atoms with Gasteiger partial charge in [0, 0.05) is 6.61 Å². The van der Waals surface area contributed by atoms with Crippen LogP contribution in [0.1, 0.15) is 75.1 Å². The monoisotopic (exact) mass is 500 g/mol. The zero-order valence-corrected chi connectivity index (χ0v) is 21.6. The maximum atomic E-state index is 13.7. The van der Waals surface area contributed by atoms with E-state index >= 15 is 0 Å². The maximum absolute atomic E-state index is 13.7. The van der Waals surface area contributed by atoms with Crippen LogP contribution in [-0.4, -0.2) is 38.6 Å². The lowest BCUT2D eigenvalue weighted by Gasteiger charge is -2.11. The third kappa shape index (κ3) is 12.7. The van der Waals surface area contributed by atoms with Crippen LogP contribution in [0.4, 0.5) is 4.39 Å². The molecule has 2 aromatic carbocycles. The lowest BCUT2D eigenvalue weighted by molar-refractivity contribution is 0.0734. The van der Waals surface area contributed by atoms with E-state index in [0.29, 0.717) is 36.7 Å². The average molecular weight is 501 g/mol. The molecule has 0 spiro atoms. The van der Waals surface area contributed by atoms with Crippen LogP contribution in [0.15, 0.2) is 61.2 Å². The van der Waals surface area contributed by atoms with E-state index in [1.165, 1.54) is 19.3 Å². The fourth-order valence-corrected chi connectivity index (χ4v) is 3.52. The molecule has 0 radical (unpaired) electrons. The third-order valence-corrected chi connectivity index (χ3v) is 5.61. The maximum Gasteiger partial charge on any atom is 0.343 e. The van der Waals surface area contributed by atoms with Gasteiger partial charge in [-0.2, -0.15) is 0 Å². The first-order chi connectivity index (χ1) is 17.6. The van der Waals surface area contributed by atoms with Crippen LogP contribution in [0.25, 0.3) is 0 Å². The summed E-state index contributed by atoms with van der Waals surface area (Å²) in [6, 6.07) is 13.6. The minimum atomic E-state index is -0.974. The second-order valence-corrected chi connectivity index (χ2v) is 8.77. The Morgan fingerprint density at radius 3 is 2.08 bits per heavy atom. The number of hydrogen-bond donors (Lipinski definition) is 0. The molecule has 0 heterocycles. The number of rotatable bonds is 20. The third-order valence-electron chi connectivity index (χ3n) is 5.61. The Bertz CT molecular complexity index is 851. The molecule has 1 atom stereocenters. The molecule has 0 bridgehead atoms. The Hall–Kier alpha value is -2.86. The van der Waals surface area contributed by atoms with Crippen molar-refractivity contribution in [1.29, 1.82) is 0 Å². The number of hydrogen-bond acceptors (Lipinski definition) is 5. The van der Waals surface area contributed by atoms with Gasteiger partial charge in [-0.3, -0.25) is 0 Å². The Morgan fingerprint density at radius 1 is 0.833 bits per heavy atom. The number of ether oxygens (including phenoxy) is 4. The highest BCUT2D eigenvalue weighted by Gasteiger charge is 2.10. The first-order valence-corrected chi connectivity index (χ1v) is 13.1. The molecule has 0 aliphatic rings. The Labute approximate surface area is 215 Å². The number of esters is 1. The molecular formula is C30H41FO5. The molecule has 0 amide bonds. The van der Waals surface area contributed by atoms with Crippen LogP contribution in [0.2, 0.25) is 0 Å². The SMILES string of the molecule is C=CCOCCCCCCCCOc1ccc(C(=O)Oc2ccc(OCC(F)CCCC)cc2)cc1. The van der Waals surface area contributed by atoms with E-state index in [1.54, 1.807) is 54.6 Å². The summed E-state index contributed by atoms with van der Waals surface area (Å²) >= 11 is 0. The van der Waals surface area contributed by atoms with Gasteiger partial charge in [-0.25, -0.2) is 9.18 Å². The Morgan fingerprint density at radius 2 is 1.42 bits per heavy atom. The van der Waals surface area contributed by atoms with Crippen molar-refractivity contribution < 1.29 is 28.1 Å². The standard InChI is InChI=1S/C30H41FO5/c1-3-5-12-26(31)24-35-28-17-19-29(20-18-28)36-30(32)25-13-15-27(16-14-25)34-23-11-9-7-6-8-10-22-33-21-4-2/h4,13-20,26H,2-3,5-12,21-24H2,1H3. The van der Waals surface area contributed by atoms with Gasteiger partial charge in [0.15, 0.2) is 0 Å². The fraction of sp³-hybridized carbons (Fsp3) is 0.500. The molecule has 2 aromatic rings. The van der Waals surface area contributed by atoms with Crippen molar-refractivity contribution in [2.45, 2.75) is 70.9 Å². The molecular weight excluding hydrogens is 459 g/mol. The van der Waals surface area contributed by atoms with Gasteiger partial charge in [-0.15, -0.1) is 6.58 Å². The summed E-state index contributed by atoms with van der Waals surface area (Å²) in [6.07, 6.45) is 9.93. The first-order valence-electron chi connectivity index (χ1n) is 13.1. The zero-order valence-electron chi connectivity index (χ0n) is 21.6. The number of benzene rings is 2. The molecule has 0 N–H and O–H groups in total. The zero-order chi connectivity index (χ0) is 25.8. The molecule has 36 heavy (non-hydrogen) atoms. The van der Waals surface area contributed by atoms with Gasteiger partial charge in [0.05, 0.1) is 18.8 Å². The van der Waals surface area contributed by atoms with Crippen LogP contribution in [0.5, 0.6) is 17.2 Å². The van der Waals surface area contributed by atoms with Gasteiger partial charge in [-0.05, 0) is 67.8 Å². The molecule has 0 aromatic heterocycles. The second kappa shape index (κ2) is 18.4. The van der Waals surface area contributed by atoms with E-state index in [-0.39, 0.29) is 6.61 Å². The number of carbonyl (C=O) groups is 1. The van der Waals surface area contributed by atoms with Gasteiger partial charge in [0.2, 0.25) is 0 Å². The van der Waals surface area contributed by atoms with Crippen molar-refractivity contribution in [2.24, 2.45) is 0 Å². The second-order valence-electron chi connectivity index (χ2n) is 8.77. The van der Waals surface area contributed by atoms with Crippen LogP contribution in [0, 0.1) is 0 Å². The van der Waals surface area contributed by atoms with Gasteiger partial charge < -0.3 is 18.9 Å². The molecule has 1 unspecified atom stereocenters. The number of unbranched alkanes of at least 4 members (excludes halogenated alkanes) is 6. The summed E-state index contributed by atoms with van der Waals surface area (Å²) in [7, 11) is 0. The quantitative estimate of drug-likeness (QED) is 0.0806. The minimum Gasteiger partial charge on any atom is -0.494 e. The van der Waals surface area contributed by atoms with Crippen molar-refractivity contribution >= 4 is 5.97 Å². The minimum absolute atomic E-state index is 0.0279. The molecule has 198 valence electrons. The van der Waals surface area contributed by atoms with Gasteiger partial charge in [0.1, 0.15) is 30.0 Å². The number of carbonyl (C=O) groups excluding carboxylic acids is 1. The normalized spacial score (nSPS) is 11.6.